The minimum absolute atomic E-state index is 0.301. The molecule has 0 aliphatic heterocycles. The lowest BCUT2D eigenvalue weighted by molar-refractivity contribution is 0.616. The number of nitrogens with zero attached hydrogens (tertiary/aromatic N) is 2. The Kier molecular flexibility index (Phi) is 4.61. The van der Waals surface area contributed by atoms with Crippen molar-refractivity contribution in [2.45, 2.75) is 39.7 Å². The predicted molar refractivity (Wildman–Crippen MR) is 86.5 cm³/mol. The van der Waals surface area contributed by atoms with Crippen molar-refractivity contribution < 1.29 is 0 Å². The molecule has 108 valence electrons. The topological polar surface area (TPSA) is 43.8 Å². The first-order valence-corrected chi connectivity index (χ1v) is 7.53. The SMILES string of the molecule is CCCn1c(C(C)C)nc(-c2cccc(Cl)c2Cl)c1N. The molecule has 0 unspecified atom stereocenters. The Hall–Kier alpha value is -1.19. The van der Waals surface area contributed by atoms with Gasteiger partial charge in [-0.05, 0) is 12.5 Å². The zero-order valence-electron chi connectivity index (χ0n) is 12.0. The summed E-state index contributed by atoms with van der Waals surface area (Å²) < 4.78 is 2.07. The maximum Gasteiger partial charge on any atom is 0.131 e. The Bertz CT molecular complexity index is 618. The lowest BCUT2D eigenvalue weighted by Crippen LogP contribution is -2.08. The second kappa shape index (κ2) is 6.06. The molecule has 3 nitrogen and oxygen atoms in total. The first-order chi connectivity index (χ1) is 9.47. The van der Waals surface area contributed by atoms with Crippen LogP contribution in [0.1, 0.15) is 38.9 Å². The molecule has 2 aromatic rings. The summed E-state index contributed by atoms with van der Waals surface area (Å²) in [6, 6.07) is 5.51. The number of aromatic nitrogens is 2. The Labute approximate surface area is 129 Å². The van der Waals surface area contributed by atoms with E-state index in [1.807, 2.05) is 12.1 Å². The van der Waals surface area contributed by atoms with E-state index in [9.17, 15) is 0 Å². The van der Waals surface area contributed by atoms with Gasteiger partial charge in [0.15, 0.2) is 0 Å². The van der Waals surface area contributed by atoms with Gasteiger partial charge in [-0.3, -0.25) is 0 Å². The summed E-state index contributed by atoms with van der Waals surface area (Å²) in [5.74, 6) is 1.94. The largest absolute Gasteiger partial charge is 0.383 e. The van der Waals surface area contributed by atoms with E-state index in [1.165, 1.54) is 0 Å². The minimum atomic E-state index is 0.301. The molecule has 1 aromatic heterocycles. The van der Waals surface area contributed by atoms with Gasteiger partial charge >= 0.3 is 0 Å². The van der Waals surface area contributed by atoms with Gasteiger partial charge in [-0.25, -0.2) is 4.98 Å². The van der Waals surface area contributed by atoms with Crippen LogP contribution >= 0.6 is 23.2 Å². The highest BCUT2D eigenvalue weighted by atomic mass is 35.5. The van der Waals surface area contributed by atoms with Crippen molar-refractivity contribution in [2.75, 3.05) is 5.73 Å². The Balaban J connectivity index is 2.63. The highest BCUT2D eigenvalue weighted by Crippen LogP contribution is 2.37. The Morgan fingerprint density at radius 3 is 2.60 bits per heavy atom. The van der Waals surface area contributed by atoms with E-state index in [2.05, 4.69) is 25.3 Å². The van der Waals surface area contributed by atoms with Crippen LogP contribution in [0, 0.1) is 0 Å². The normalized spacial score (nSPS) is 11.3. The summed E-state index contributed by atoms with van der Waals surface area (Å²) in [7, 11) is 0. The number of anilines is 1. The van der Waals surface area contributed by atoms with Crippen molar-refractivity contribution in [1.82, 2.24) is 9.55 Å². The molecule has 1 aromatic carbocycles. The second-order valence-electron chi connectivity index (χ2n) is 5.11. The van der Waals surface area contributed by atoms with Gasteiger partial charge in [-0.15, -0.1) is 0 Å². The van der Waals surface area contributed by atoms with Gasteiger partial charge in [-0.1, -0.05) is 56.1 Å². The number of nitrogens with two attached hydrogens (primary N) is 1. The first-order valence-electron chi connectivity index (χ1n) is 6.77. The summed E-state index contributed by atoms with van der Waals surface area (Å²) >= 11 is 12.4. The molecule has 0 bridgehead atoms. The van der Waals surface area contributed by atoms with Crippen molar-refractivity contribution >= 4 is 29.0 Å². The average molecular weight is 312 g/mol. The van der Waals surface area contributed by atoms with Crippen molar-refractivity contribution in [2.24, 2.45) is 0 Å². The number of hydrogen-bond acceptors (Lipinski definition) is 2. The van der Waals surface area contributed by atoms with Crippen LogP contribution in [0.2, 0.25) is 10.0 Å². The van der Waals surface area contributed by atoms with E-state index in [1.54, 1.807) is 6.07 Å². The molecule has 0 saturated carbocycles. The van der Waals surface area contributed by atoms with E-state index >= 15 is 0 Å². The fraction of sp³-hybridized carbons (Fsp3) is 0.400. The van der Waals surface area contributed by atoms with Crippen molar-refractivity contribution in [3.63, 3.8) is 0 Å². The fourth-order valence-electron chi connectivity index (χ4n) is 2.27. The van der Waals surface area contributed by atoms with Crippen LogP contribution in [0.4, 0.5) is 5.82 Å². The quantitative estimate of drug-likeness (QED) is 0.866. The number of imidazole rings is 1. The average Bonchev–Trinajstić information content (AvgIpc) is 2.72. The zero-order chi connectivity index (χ0) is 14.9. The van der Waals surface area contributed by atoms with Crippen LogP contribution in [-0.2, 0) is 6.54 Å². The van der Waals surface area contributed by atoms with Gasteiger partial charge < -0.3 is 10.3 Å². The number of rotatable bonds is 4. The standard InChI is InChI=1S/C15H19Cl2N3/c1-4-8-20-14(18)13(19-15(20)9(2)3)10-6-5-7-11(16)12(10)17/h5-7,9H,4,8,18H2,1-3H3. The van der Waals surface area contributed by atoms with Gasteiger partial charge in [0.1, 0.15) is 17.3 Å². The van der Waals surface area contributed by atoms with E-state index in [-0.39, 0.29) is 0 Å². The molecule has 0 radical (unpaired) electrons. The molecular formula is C15H19Cl2N3. The maximum atomic E-state index is 6.28. The fourth-order valence-corrected chi connectivity index (χ4v) is 2.66. The monoisotopic (exact) mass is 311 g/mol. The van der Waals surface area contributed by atoms with Crippen LogP contribution in [0.25, 0.3) is 11.3 Å². The van der Waals surface area contributed by atoms with Crippen LogP contribution in [0.15, 0.2) is 18.2 Å². The molecule has 0 spiro atoms. The molecule has 0 saturated heterocycles. The molecule has 5 heteroatoms. The highest BCUT2D eigenvalue weighted by molar-refractivity contribution is 6.43. The summed E-state index contributed by atoms with van der Waals surface area (Å²) in [4.78, 5) is 4.69. The Morgan fingerprint density at radius 2 is 2.00 bits per heavy atom. The summed E-state index contributed by atoms with van der Waals surface area (Å²) in [5.41, 5.74) is 7.78. The van der Waals surface area contributed by atoms with E-state index in [0.717, 1.165) is 30.0 Å². The molecule has 0 aliphatic carbocycles. The number of nitrogen functional groups attached to an aromatic ring is 1. The van der Waals surface area contributed by atoms with Crippen LogP contribution in [0.3, 0.4) is 0 Å². The Morgan fingerprint density at radius 1 is 1.30 bits per heavy atom. The maximum absolute atomic E-state index is 6.28. The van der Waals surface area contributed by atoms with E-state index in [4.69, 9.17) is 33.9 Å². The number of benzene rings is 1. The third-order valence-corrected chi connectivity index (χ3v) is 4.03. The third-order valence-electron chi connectivity index (χ3n) is 3.21. The molecule has 2 rings (SSSR count). The van der Waals surface area contributed by atoms with E-state index < -0.39 is 0 Å². The van der Waals surface area contributed by atoms with Gasteiger partial charge in [-0.2, -0.15) is 0 Å². The number of hydrogen-bond donors (Lipinski definition) is 1. The molecule has 1 heterocycles. The lowest BCUT2D eigenvalue weighted by atomic mass is 10.1. The van der Waals surface area contributed by atoms with Crippen LogP contribution in [0.5, 0.6) is 0 Å². The molecule has 0 aliphatic rings. The van der Waals surface area contributed by atoms with Crippen molar-refractivity contribution in [3.8, 4) is 11.3 Å². The van der Waals surface area contributed by atoms with Gasteiger partial charge in [0.2, 0.25) is 0 Å². The summed E-state index contributed by atoms with van der Waals surface area (Å²) in [5, 5.41) is 1.01. The minimum Gasteiger partial charge on any atom is -0.383 e. The smallest absolute Gasteiger partial charge is 0.131 e. The number of halogens is 2. The predicted octanol–water partition coefficient (Wildman–Crippen LogP) is 4.97. The van der Waals surface area contributed by atoms with Crippen molar-refractivity contribution in [1.29, 1.82) is 0 Å². The first kappa shape index (κ1) is 15.2. The second-order valence-corrected chi connectivity index (χ2v) is 5.90. The summed E-state index contributed by atoms with van der Waals surface area (Å²) in [6.07, 6.45) is 1.00. The summed E-state index contributed by atoms with van der Waals surface area (Å²) in [6.45, 7) is 7.19. The molecule has 0 amide bonds. The lowest BCUT2D eigenvalue weighted by Gasteiger charge is -2.10. The van der Waals surface area contributed by atoms with Gasteiger partial charge in [0.25, 0.3) is 0 Å². The molecule has 0 atom stereocenters. The zero-order valence-corrected chi connectivity index (χ0v) is 13.5. The molecule has 0 fully saturated rings. The molecular weight excluding hydrogens is 293 g/mol. The third kappa shape index (κ3) is 2.65. The highest BCUT2D eigenvalue weighted by Gasteiger charge is 2.20. The molecule has 2 N–H and O–H groups in total. The van der Waals surface area contributed by atoms with Gasteiger partial charge in [0.05, 0.1) is 10.0 Å². The molecule has 20 heavy (non-hydrogen) atoms. The van der Waals surface area contributed by atoms with Crippen molar-refractivity contribution in [3.05, 3.63) is 34.1 Å². The van der Waals surface area contributed by atoms with Crippen LogP contribution in [-0.4, -0.2) is 9.55 Å². The van der Waals surface area contributed by atoms with Gasteiger partial charge in [0, 0.05) is 18.0 Å². The van der Waals surface area contributed by atoms with Crippen LogP contribution < -0.4 is 5.73 Å². The van der Waals surface area contributed by atoms with E-state index in [0.29, 0.717) is 21.8 Å².